The summed E-state index contributed by atoms with van der Waals surface area (Å²) < 4.78 is 25.1. The van der Waals surface area contributed by atoms with Gasteiger partial charge in [0.05, 0.1) is 35.1 Å². The molecule has 0 radical (unpaired) electrons. The molecule has 2 aromatic rings. The lowest BCUT2D eigenvalue weighted by Gasteiger charge is -2.25. The lowest BCUT2D eigenvalue weighted by molar-refractivity contribution is -0.126. The lowest BCUT2D eigenvalue weighted by atomic mass is 10.1. The van der Waals surface area contributed by atoms with Crippen LogP contribution in [0.4, 0.5) is 5.69 Å². The highest BCUT2D eigenvalue weighted by molar-refractivity contribution is 7.91. The first-order chi connectivity index (χ1) is 12.4. The van der Waals surface area contributed by atoms with Crippen molar-refractivity contribution in [2.45, 2.75) is 29.9 Å². The van der Waals surface area contributed by atoms with Gasteiger partial charge in [0.25, 0.3) is 0 Å². The first kappa shape index (κ1) is 16.7. The summed E-state index contributed by atoms with van der Waals surface area (Å²) in [5.74, 6) is -1.46. The molecule has 10 nitrogen and oxygen atoms in total. The summed E-state index contributed by atoms with van der Waals surface area (Å²) >= 11 is 0. The first-order valence-corrected chi connectivity index (χ1v) is 9.59. The van der Waals surface area contributed by atoms with Gasteiger partial charge in [0.15, 0.2) is 9.84 Å². The molecular formula is C15H16N6O4S. The van der Waals surface area contributed by atoms with E-state index in [-0.39, 0.29) is 23.5 Å². The highest BCUT2D eigenvalue weighted by Gasteiger charge is 2.46. The number of nitrogens with two attached hydrogens (primary N) is 1. The van der Waals surface area contributed by atoms with Gasteiger partial charge in [-0.1, -0.05) is 12.1 Å². The minimum atomic E-state index is -3.71. The Kier molecular flexibility index (Phi) is 3.77. The monoisotopic (exact) mass is 376 g/mol. The zero-order chi connectivity index (χ0) is 18.5. The summed E-state index contributed by atoms with van der Waals surface area (Å²) in [6.07, 6.45) is 1.70. The van der Waals surface area contributed by atoms with Gasteiger partial charge >= 0.3 is 0 Å². The molecule has 0 fully saturated rings. The minimum Gasteiger partial charge on any atom is -0.348 e. The van der Waals surface area contributed by atoms with Crippen LogP contribution in [0.25, 0.3) is 0 Å². The fourth-order valence-corrected chi connectivity index (χ4v) is 4.97. The van der Waals surface area contributed by atoms with Gasteiger partial charge in [-0.3, -0.25) is 14.5 Å². The van der Waals surface area contributed by atoms with Crippen molar-refractivity contribution in [1.82, 2.24) is 20.7 Å². The highest BCUT2D eigenvalue weighted by Crippen LogP contribution is 2.40. The van der Waals surface area contributed by atoms with Crippen LogP contribution >= 0.6 is 0 Å². The van der Waals surface area contributed by atoms with Gasteiger partial charge in [0, 0.05) is 6.42 Å². The summed E-state index contributed by atoms with van der Waals surface area (Å²) in [5.41, 5.74) is 7.25. The van der Waals surface area contributed by atoms with E-state index < -0.39 is 39.5 Å². The molecule has 2 amide bonds. The number of aromatic nitrogens is 3. The van der Waals surface area contributed by atoms with Crippen LogP contribution in [0.1, 0.15) is 11.3 Å². The van der Waals surface area contributed by atoms with E-state index in [9.17, 15) is 18.0 Å². The zero-order valence-electron chi connectivity index (χ0n) is 13.5. The topological polar surface area (TPSA) is 151 Å². The van der Waals surface area contributed by atoms with Crippen molar-refractivity contribution in [1.29, 1.82) is 0 Å². The zero-order valence-corrected chi connectivity index (χ0v) is 14.4. The van der Waals surface area contributed by atoms with E-state index in [2.05, 4.69) is 20.7 Å². The van der Waals surface area contributed by atoms with Crippen LogP contribution in [0.2, 0.25) is 0 Å². The summed E-state index contributed by atoms with van der Waals surface area (Å²) in [4.78, 5) is 26.7. The molecule has 1 aromatic carbocycles. The number of para-hydroxylation sites is 1. The van der Waals surface area contributed by atoms with Gasteiger partial charge < -0.3 is 11.1 Å². The van der Waals surface area contributed by atoms with Gasteiger partial charge in [-0.2, -0.15) is 15.4 Å². The van der Waals surface area contributed by atoms with Crippen LogP contribution in [-0.2, 0) is 32.4 Å². The molecule has 0 saturated carbocycles. The molecule has 0 bridgehead atoms. The molecule has 11 heteroatoms. The van der Waals surface area contributed by atoms with Gasteiger partial charge in [-0.05, 0) is 11.6 Å². The molecule has 1 aromatic heterocycles. The molecule has 3 heterocycles. The number of hydrogen-bond donors (Lipinski definition) is 3. The number of H-pyrrole nitrogens is 1. The number of amides is 2. The summed E-state index contributed by atoms with van der Waals surface area (Å²) in [6, 6.07) is 2.70. The predicted octanol–water partition coefficient (Wildman–Crippen LogP) is -1.51. The standard InChI is InChI=1S/C15H16N6O4S/c16-10-7-26(24,25)12-3-1-2-8-4-11(21(13(8)12)15(10)23)14(22)17-5-9-6-18-20-19-9/h1-3,6,10-11H,4-5,7,16H2,(H,17,22)(H,18,19,20)/t10-,11-/m0/s1. The molecule has 0 aliphatic carbocycles. The number of anilines is 1. The normalized spacial score (nSPS) is 23.4. The molecule has 4 N–H and O–H groups in total. The number of aromatic amines is 1. The van der Waals surface area contributed by atoms with E-state index in [0.717, 1.165) is 0 Å². The van der Waals surface area contributed by atoms with Crippen molar-refractivity contribution in [3.63, 3.8) is 0 Å². The third-order valence-electron chi connectivity index (χ3n) is 4.55. The fourth-order valence-electron chi connectivity index (χ4n) is 3.37. The largest absolute Gasteiger partial charge is 0.348 e. The predicted molar refractivity (Wildman–Crippen MR) is 89.7 cm³/mol. The Hall–Kier alpha value is -2.79. The van der Waals surface area contributed by atoms with Crippen molar-refractivity contribution < 1.29 is 18.0 Å². The van der Waals surface area contributed by atoms with Crippen molar-refractivity contribution in [2.75, 3.05) is 10.7 Å². The number of nitrogens with zero attached hydrogens (tertiary/aromatic N) is 3. The van der Waals surface area contributed by atoms with Crippen LogP contribution in [0, 0.1) is 0 Å². The molecule has 4 rings (SSSR count). The Bertz CT molecular complexity index is 988. The third-order valence-corrected chi connectivity index (χ3v) is 6.35. The summed E-state index contributed by atoms with van der Waals surface area (Å²) in [6.45, 7) is 0.140. The molecule has 2 aliphatic heterocycles. The highest BCUT2D eigenvalue weighted by atomic mass is 32.2. The Morgan fingerprint density at radius 3 is 2.96 bits per heavy atom. The lowest BCUT2D eigenvalue weighted by Crippen LogP contribution is -2.53. The third kappa shape index (κ3) is 2.56. The van der Waals surface area contributed by atoms with Crippen LogP contribution < -0.4 is 16.0 Å². The number of carbonyl (C=O) groups is 2. The van der Waals surface area contributed by atoms with E-state index >= 15 is 0 Å². The molecule has 0 unspecified atom stereocenters. The average molecular weight is 376 g/mol. The second-order valence-corrected chi connectivity index (χ2v) is 8.26. The molecule has 0 spiro atoms. The van der Waals surface area contributed by atoms with Gasteiger partial charge in [0.1, 0.15) is 11.7 Å². The van der Waals surface area contributed by atoms with Crippen molar-refractivity contribution in [3.05, 3.63) is 35.7 Å². The Morgan fingerprint density at radius 1 is 1.42 bits per heavy atom. The number of sulfone groups is 1. The van der Waals surface area contributed by atoms with Gasteiger partial charge in [-0.15, -0.1) is 0 Å². The number of rotatable bonds is 3. The molecule has 26 heavy (non-hydrogen) atoms. The van der Waals surface area contributed by atoms with E-state index in [1.165, 1.54) is 17.2 Å². The minimum absolute atomic E-state index is 0.0445. The van der Waals surface area contributed by atoms with Gasteiger partial charge in [-0.25, -0.2) is 8.42 Å². The SMILES string of the molecule is N[C@H]1CS(=O)(=O)c2cccc3c2N(C1=O)[C@H](C(=O)NCc1cn[nH]n1)C3. The maximum Gasteiger partial charge on any atom is 0.245 e. The maximum absolute atomic E-state index is 12.7. The smallest absolute Gasteiger partial charge is 0.245 e. The molecule has 0 saturated heterocycles. The Labute approximate surface area is 148 Å². The fraction of sp³-hybridized carbons (Fsp3) is 0.333. The van der Waals surface area contributed by atoms with Crippen LogP contribution in [-0.4, -0.2) is 53.5 Å². The van der Waals surface area contributed by atoms with Crippen molar-refractivity contribution in [2.24, 2.45) is 5.73 Å². The molecule has 136 valence electrons. The molecular weight excluding hydrogens is 360 g/mol. The Balaban J connectivity index is 1.70. The quantitative estimate of drug-likeness (QED) is 0.589. The molecule has 2 aliphatic rings. The van der Waals surface area contributed by atoms with E-state index in [4.69, 9.17) is 5.73 Å². The second kappa shape index (κ2) is 5.88. The van der Waals surface area contributed by atoms with Gasteiger partial charge in [0.2, 0.25) is 11.8 Å². The first-order valence-electron chi connectivity index (χ1n) is 7.94. The van der Waals surface area contributed by atoms with Crippen molar-refractivity contribution >= 4 is 27.3 Å². The summed E-state index contributed by atoms with van der Waals surface area (Å²) in [7, 11) is -3.71. The van der Waals surface area contributed by atoms with Crippen molar-refractivity contribution in [3.8, 4) is 0 Å². The van der Waals surface area contributed by atoms with Crippen LogP contribution in [0.15, 0.2) is 29.3 Å². The maximum atomic E-state index is 12.7. The Morgan fingerprint density at radius 2 is 2.23 bits per heavy atom. The molecule has 2 atom stereocenters. The number of benzene rings is 1. The number of hydrogen-bond acceptors (Lipinski definition) is 7. The van der Waals surface area contributed by atoms with Crippen LogP contribution in [0.5, 0.6) is 0 Å². The average Bonchev–Trinajstić information content (AvgIpc) is 3.23. The second-order valence-electron chi connectivity index (χ2n) is 6.26. The number of nitrogens with one attached hydrogen (secondary N) is 2. The number of carbonyl (C=O) groups excluding carboxylic acids is 2. The summed E-state index contributed by atoms with van der Waals surface area (Å²) in [5, 5.41) is 12.7. The van der Waals surface area contributed by atoms with E-state index in [1.54, 1.807) is 12.1 Å². The van der Waals surface area contributed by atoms with E-state index in [0.29, 0.717) is 11.3 Å². The van der Waals surface area contributed by atoms with Crippen LogP contribution in [0.3, 0.4) is 0 Å². The van der Waals surface area contributed by atoms with E-state index in [1.807, 2.05) is 0 Å².